The maximum atomic E-state index is 12.7. The Bertz CT molecular complexity index is 940. The molecule has 2 heterocycles. The second kappa shape index (κ2) is 7.96. The number of nitrogens with one attached hydrogen (secondary N) is 1. The Morgan fingerprint density at radius 1 is 1.18 bits per heavy atom. The Kier molecular flexibility index (Phi) is 5.23. The second-order valence-corrected chi connectivity index (χ2v) is 7.19. The van der Waals surface area contributed by atoms with E-state index < -0.39 is 6.10 Å². The molecule has 1 amide bonds. The Labute approximate surface area is 164 Å². The molecule has 0 spiro atoms. The Morgan fingerprint density at radius 3 is 2.50 bits per heavy atom. The van der Waals surface area contributed by atoms with E-state index >= 15 is 0 Å². The third-order valence-electron chi connectivity index (χ3n) is 5.05. The van der Waals surface area contributed by atoms with E-state index in [1.807, 2.05) is 71.5 Å². The van der Waals surface area contributed by atoms with Crippen molar-refractivity contribution in [3.63, 3.8) is 0 Å². The number of amides is 1. The predicted octanol–water partition coefficient (Wildman–Crippen LogP) is 2.22. The number of carbonyl (C=O) groups is 1. The maximum absolute atomic E-state index is 12.7. The fourth-order valence-electron chi connectivity index (χ4n) is 3.58. The van der Waals surface area contributed by atoms with Crippen molar-refractivity contribution in [1.29, 1.82) is 0 Å². The first kappa shape index (κ1) is 18.4. The van der Waals surface area contributed by atoms with Crippen LogP contribution in [-0.4, -0.2) is 51.4 Å². The first-order valence-corrected chi connectivity index (χ1v) is 9.47. The van der Waals surface area contributed by atoms with Gasteiger partial charge in [-0.15, -0.1) is 0 Å². The van der Waals surface area contributed by atoms with Crippen LogP contribution in [0.2, 0.25) is 0 Å². The SMILES string of the molecule is CN(Cc1cn(-c2ccccc2)nc1-c1ccccc1)C(=O)[C@H]1C[C@H](O)CN1. The Morgan fingerprint density at radius 2 is 1.86 bits per heavy atom. The zero-order valence-corrected chi connectivity index (χ0v) is 15.8. The minimum atomic E-state index is -0.455. The van der Waals surface area contributed by atoms with Gasteiger partial charge in [-0.05, 0) is 18.6 Å². The first-order valence-electron chi connectivity index (χ1n) is 9.47. The first-order chi connectivity index (χ1) is 13.6. The molecule has 144 valence electrons. The van der Waals surface area contributed by atoms with Crippen molar-refractivity contribution in [1.82, 2.24) is 20.0 Å². The van der Waals surface area contributed by atoms with Crippen LogP contribution in [0.3, 0.4) is 0 Å². The van der Waals surface area contributed by atoms with Gasteiger partial charge in [0.25, 0.3) is 0 Å². The molecule has 6 nitrogen and oxygen atoms in total. The van der Waals surface area contributed by atoms with Gasteiger partial charge in [0.2, 0.25) is 5.91 Å². The molecule has 0 aliphatic carbocycles. The highest BCUT2D eigenvalue weighted by molar-refractivity contribution is 5.82. The summed E-state index contributed by atoms with van der Waals surface area (Å²) in [6.07, 6.45) is 1.99. The summed E-state index contributed by atoms with van der Waals surface area (Å²) in [5.41, 5.74) is 3.83. The van der Waals surface area contributed by atoms with Crippen LogP contribution < -0.4 is 5.32 Å². The molecule has 0 bridgehead atoms. The molecular weight excluding hydrogens is 352 g/mol. The highest BCUT2D eigenvalue weighted by Crippen LogP contribution is 2.25. The zero-order chi connectivity index (χ0) is 19.5. The Balaban J connectivity index is 1.63. The van der Waals surface area contributed by atoms with Gasteiger partial charge in [-0.2, -0.15) is 5.10 Å². The molecule has 0 unspecified atom stereocenters. The van der Waals surface area contributed by atoms with Crippen LogP contribution in [0, 0.1) is 0 Å². The van der Waals surface area contributed by atoms with E-state index in [1.165, 1.54) is 0 Å². The van der Waals surface area contributed by atoms with Crippen LogP contribution >= 0.6 is 0 Å². The van der Waals surface area contributed by atoms with Gasteiger partial charge in [0.05, 0.1) is 23.5 Å². The zero-order valence-electron chi connectivity index (χ0n) is 15.8. The normalized spacial score (nSPS) is 18.9. The number of para-hydroxylation sites is 1. The number of carbonyl (C=O) groups excluding carboxylic acids is 1. The number of β-amino-alcohol motifs (C(OH)–C–C–N with tert-alkyl or cyclic N) is 1. The van der Waals surface area contributed by atoms with Crippen molar-refractivity contribution in [2.75, 3.05) is 13.6 Å². The molecule has 2 atom stereocenters. The number of aliphatic hydroxyl groups excluding tert-OH is 1. The molecular formula is C22H24N4O2. The minimum absolute atomic E-state index is 0.0111. The number of nitrogens with zero attached hydrogens (tertiary/aromatic N) is 3. The summed E-state index contributed by atoms with van der Waals surface area (Å²) in [5, 5.41) is 17.6. The summed E-state index contributed by atoms with van der Waals surface area (Å²) >= 11 is 0. The third kappa shape index (κ3) is 3.83. The number of benzene rings is 2. The summed E-state index contributed by atoms with van der Waals surface area (Å²) in [5.74, 6) is -0.0111. The lowest BCUT2D eigenvalue weighted by atomic mass is 10.1. The van der Waals surface area contributed by atoms with Crippen LogP contribution in [-0.2, 0) is 11.3 Å². The van der Waals surface area contributed by atoms with Gasteiger partial charge in [0.1, 0.15) is 0 Å². The van der Waals surface area contributed by atoms with E-state index in [1.54, 1.807) is 11.9 Å². The smallest absolute Gasteiger partial charge is 0.239 e. The summed E-state index contributed by atoms with van der Waals surface area (Å²) in [4.78, 5) is 14.4. The summed E-state index contributed by atoms with van der Waals surface area (Å²) in [6, 6.07) is 19.6. The van der Waals surface area contributed by atoms with Crippen molar-refractivity contribution in [2.24, 2.45) is 0 Å². The highest BCUT2D eigenvalue weighted by Gasteiger charge is 2.30. The standard InChI is InChI=1S/C22H24N4O2/c1-25(22(28)20-12-19(27)13-23-20)14-17-15-26(18-10-6-3-7-11-18)24-21(17)16-8-4-2-5-9-16/h2-11,15,19-20,23,27H,12-14H2,1H3/t19-,20+/m0/s1. The number of hydrogen-bond donors (Lipinski definition) is 2. The molecule has 3 aromatic rings. The van der Waals surface area contributed by atoms with E-state index in [4.69, 9.17) is 5.10 Å². The average Bonchev–Trinajstić information content (AvgIpc) is 3.35. The third-order valence-corrected chi connectivity index (χ3v) is 5.05. The summed E-state index contributed by atoms with van der Waals surface area (Å²) in [7, 11) is 1.79. The lowest BCUT2D eigenvalue weighted by molar-refractivity contribution is -0.132. The van der Waals surface area contributed by atoms with Crippen molar-refractivity contribution in [2.45, 2.75) is 25.1 Å². The topological polar surface area (TPSA) is 70.4 Å². The van der Waals surface area contributed by atoms with Crippen molar-refractivity contribution >= 4 is 5.91 Å². The molecule has 1 fully saturated rings. The molecule has 1 aromatic heterocycles. The molecule has 1 saturated heterocycles. The monoisotopic (exact) mass is 376 g/mol. The fourth-order valence-corrected chi connectivity index (χ4v) is 3.58. The van der Waals surface area contributed by atoms with Gasteiger partial charge in [-0.3, -0.25) is 4.79 Å². The summed E-state index contributed by atoms with van der Waals surface area (Å²) in [6.45, 7) is 0.912. The van der Waals surface area contributed by atoms with E-state index in [-0.39, 0.29) is 11.9 Å². The van der Waals surface area contributed by atoms with Gasteiger partial charge in [-0.1, -0.05) is 48.5 Å². The van der Waals surface area contributed by atoms with Gasteiger partial charge in [0.15, 0.2) is 0 Å². The summed E-state index contributed by atoms with van der Waals surface area (Å²) < 4.78 is 1.85. The quantitative estimate of drug-likeness (QED) is 0.716. The van der Waals surface area contributed by atoms with Crippen molar-refractivity contribution in [3.8, 4) is 16.9 Å². The number of likely N-dealkylation sites (N-methyl/N-ethyl adjacent to an activating group) is 1. The van der Waals surface area contributed by atoms with Crippen LogP contribution in [0.15, 0.2) is 66.9 Å². The van der Waals surface area contributed by atoms with E-state index in [0.717, 1.165) is 22.5 Å². The average molecular weight is 376 g/mol. The van der Waals surface area contributed by atoms with Crippen molar-refractivity contribution < 1.29 is 9.90 Å². The molecule has 2 N–H and O–H groups in total. The van der Waals surface area contributed by atoms with Gasteiger partial charge < -0.3 is 15.3 Å². The van der Waals surface area contributed by atoms with Gasteiger partial charge >= 0.3 is 0 Å². The largest absolute Gasteiger partial charge is 0.392 e. The van der Waals surface area contributed by atoms with E-state index in [2.05, 4.69) is 5.32 Å². The fraction of sp³-hybridized carbons (Fsp3) is 0.273. The molecule has 0 saturated carbocycles. The predicted molar refractivity (Wildman–Crippen MR) is 108 cm³/mol. The molecule has 1 aliphatic heterocycles. The molecule has 28 heavy (non-hydrogen) atoms. The molecule has 4 rings (SSSR count). The number of rotatable bonds is 5. The number of hydrogen-bond acceptors (Lipinski definition) is 4. The van der Waals surface area contributed by atoms with Crippen molar-refractivity contribution in [3.05, 3.63) is 72.4 Å². The molecule has 6 heteroatoms. The van der Waals surface area contributed by atoms with Crippen LogP contribution in [0.25, 0.3) is 16.9 Å². The van der Waals surface area contributed by atoms with Crippen LogP contribution in [0.4, 0.5) is 0 Å². The van der Waals surface area contributed by atoms with E-state index in [9.17, 15) is 9.90 Å². The van der Waals surface area contributed by atoms with Gasteiger partial charge in [0, 0.05) is 37.5 Å². The lowest BCUT2D eigenvalue weighted by Gasteiger charge is -2.21. The molecule has 1 aliphatic rings. The number of aromatic nitrogens is 2. The molecule has 2 aromatic carbocycles. The second-order valence-electron chi connectivity index (χ2n) is 7.19. The van der Waals surface area contributed by atoms with Gasteiger partial charge in [-0.25, -0.2) is 4.68 Å². The lowest BCUT2D eigenvalue weighted by Crippen LogP contribution is -2.41. The highest BCUT2D eigenvalue weighted by atomic mass is 16.3. The van der Waals surface area contributed by atoms with Crippen LogP contribution in [0.1, 0.15) is 12.0 Å². The maximum Gasteiger partial charge on any atom is 0.239 e. The van der Waals surface area contributed by atoms with E-state index in [0.29, 0.717) is 19.5 Å². The minimum Gasteiger partial charge on any atom is -0.392 e. The Hall–Kier alpha value is -2.96. The number of aliphatic hydroxyl groups is 1. The molecule has 0 radical (unpaired) electrons. The van der Waals surface area contributed by atoms with Crippen LogP contribution in [0.5, 0.6) is 0 Å².